The number of fused-ring (bicyclic) bond motifs is 2. The normalized spacial score (nSPS) is 32.5. The number of hydrogen-bond donors (Lipinski definition) is 2. The third kappa shape index (κ3) is 1.96. The van der Waals surface area contributed by atoms with Crippen molar-refractivity contribution < 1.29 is 19.4 Å². The second kappa shape index (κ2) is 4.81. The molecule has 1 aliphatic carbocycles. The molecular weight excluding hydrogens is 294 g/mol. The Morgan fingerprint density at radius 2 is 2.00 bits per heavy atom. The number of hydrogen-bond acceptors (Lipinski definition) is 4. The van der Waals surface area contributed by atoms with Crippen LogP contribution < -0.4 is 5.32 Å². The van der Waals surface area contributed by atoms with E-state index in [9.17, 15) is 14.7 Å². The maximum Gasteiger partial charge on any atom is 0.313 e. The van der Waals surface area contributed by atoms with Crippen molar-refractivity contribution in [1.82, 2.24) is 0 Å². The molecule has 2 N–H and O–H groups in total. The van der Waals surface area contributed by atoms with E-state index in [0.717, 1.165) is 5.56 Å². The van der Waals surface area contributed by atoms with Gasteiger partial charge in [-0.15, -0.1) is 0 Å². The summed E-state index contributed by atoms with van der Waals surface area (Å²) in [5.41, 5.74) is -0.997. The maximum atomic E-state index is 12.9. The van der Waals surface area contributed by atoms with Crippen LogP contribution in [0.2, 0.25) is 0 Å². The van der Waals surface area contributed by atoms with Crippen molar-refractivity contribution in [2.45, 2.75) is 52.2 Å². The zero-order valence-electron chi connectivity index (χ0n) is 14.0. The van der Waals surface area contributed by atoms with Gasteiger partial charge in [0.25, 0.3) is 5.91 Å². The number of aliphatic hydroxyl groups is 1. The Morgan fingerprint density at radius 1 is 1.30 bits per heavy atom. The molecule has 1 heterocycles. The number of carbonyl (C=O) groups is 2. The summed E-state index contributed by atoms with van der Waals surface area (Å²) in [6.07, 6.45) is 0.574. The van der Waals surface area contributed by atoms with Crippen LogP contribution in [0.1, 0.15) is 52.2 Å². The summed E-state index contributed by atoms with van der Waals surface area (Å²) in [7, 11) is 0. The van der Waals surface area contributed by atoms with Crippen LogP contribution in [0.25, 0.3) is 0 Å². The summed E-state index contributed by atoms with van der Waals surface area (Å²) in [4.78, 5) is 25.2. The molecule has 1 aromatic carbocycles. The van der Waals surface area contributed by atoms with Gasteiger partial charge >= 0.3 is 5.97 Å². The number of rotatable bonds is 3. The molecule has 23 heavy (non-hydrogen) atoms. The van der Waals surface area contributed by atoms with Gasteiger partial charge in [0.2, 0.25) is 0 Å². The number of amides is 1. The average molecular weight is 317 g/mol. The van der Waals surface area contributed by atoms with Gasteiger partial charge in [-0.25, -0.2) is 0 Å². The number of esters is 1. The van der Waals surface area contributed by atoms with Gasteiger partial charge in [0.1, 0.15) is 0 Å². The summed E-state index contributed by atoms with van der Waals surface area (Å²) >= 11 is 0. The maximum absolute atomic E-state index is 12.9. The molecule has 0 spiro atoms. The molecule has 3 rings (SSSR count). The topological polar surface area (TPSA) is 75.6 Å². The van der Waals surface area contributed by atoms with Crippen molar-refractivity contribution in [3.05, 3.63) is 29.8 Å². The molecule has 1 amide bonds. The molecule has 5 heteroatoms. The Balaban J connectivity index is 1.90. The molecule has 5 nitrogen and oxygen atoms in total. The largest absolute Gasteiger partial charge is 0.448 e. The van der Waals surface area contributed by atoms with Crippen LogP contribution in [0.3, 0.4) is 0 Å². The monoisotopic (exact) mass is 317 g/mol. The minimum Gasteiger partial charge on any atom is -0.448 e. The summed E-state index contributed by atoms with van der Waals surface area (Å²) in [5.74, 6) is -0.582. The van der Waals surface area contributed by atoms with E-state index in [-0.39, 0.29) is 11.9 Å². The minimum absolute atomic E-state index is 0.290. The van der Waals surface area contributed by atoms with E-state index in [4.69, 9.17) is 4.74 Å². The summed E-state index contributed by atoms with van der Waals surface area (Å²) < 4.78 is 5.58. The fraction of sp³-hybridized carbons (Fsp3) is 0.556. The summed E-state index contributed by atoms with van der Waals surface area (Å²) in [6, 6.07) is 7.07. The van der Waals surface area contributed by atoms with E-state index in [1.165, 1.54) is 0 Å². The van der Waals surface area contributed by atoms with E-state index in [0.29, 0.717) is 18.5 Å². The number of nitrogens with one attached hydrogen (secondary N) is 1. The smallest absolute Gasteiger partial charge is 0.313 e. The molecule has 0 radical (unpaired) electrons. The molecule has 1 aliphatic heterocycles. The fourth-order valence-electron chi connectivity index (χ4n) is 3.86. The van der Waals surface area contributed by atoms with Crippen LogP contribution in [-0.2, 0) is 14.3 Å². The number of aliphatic hydroxyl groups excluding tert-OH is 1. The average Bonchev–Trinajstić information content (AvgIpc) is 2.78. The van der Waals surface area contributed by atoms with Gasteiger partial charge in [0.15, 0.2) is 5.60 Å². The quantitative estimate of drug-likeness (QED) is 0.841. The van der Waals surface area contributed by atoms with E-state index in [1.807, 2.05) is 20.8 Å². The minimum atomic E-state index is -1.13. The van der Waals surface area contributed by atoms with Gasteiger partial charge in [-0.2, -0.15) is 0 Å². The molecule has 2 aliphatic rings. The summed E-state index contributed by atoms with van der Waals surface area (Å²) in [6.45, 7) is 7.41. The standard InChI is InChI=1S/C18H23NO4/c1-11(20)12-6-5-7-13(10-12)19-14(21)18-9-8-17(4,15(22)23-18)16(18,2)3/h5-7,10-11,20H,8-9H2,1-4H3,(H,19,21)/t11-,17+,18-/m0/s1. The molecule has 0 unspecified atom stereocenters. The first-order valence-corrected chi connectivity index (χ1v) is 7.97. The lowest BCUT2D eigenvalue weighted by atomic mass is 9.66. The predicted molar refractivity (Wildman–Crippen MR) is 85.7 cm³/mol. The van der Waals surface area contributed by atoms with Gasteiger partial charge in [-0.3, -0.25) is 9.59 Å². The number of ether oxygens (including phenoxy) is 1. The molecule has 1 saturated heterocycles. The zero-order chi connectivity index (χ0) is 17.0. The van der Waals surface area contributed by atoms with Crippen molar-refractivity contribution in [2.75, 3.05) is 5.32 Å². The number of carbonyl (C=O) groups excluding carboxylic acids is 2. The molecule has 1 saturated carbocycles. The lowest BCUT2D eigenvalue weighted by Crippen LogP contribution is -2.50. The van der Waals surface area contributed by atoms with E-state index < -0.39 is 22.5 Å². The number of anilines is 1. The summed E-state index contributed by atoms with van der Waals surface area (Å²) in [5, 5.41) is 12.5. The predicted octanol–water partition coefficient (Wildman–Crippen LogP) is 2.80. The highest BCUT2D eigenvalue weighted by Crippen LogP contribution is 2.65. The molecule has 2 bridgehead atoms. The first-order chi connectivity index (χ1) is 10.6. The Labute approximate surface area is 136 Å². The highest BCUT2D eigenvalue weighted by atomic mass is 16.6. The van der Waals surface area contributed by atoms with E-state index >= 15 is 0 Å². The zero-order valence-corrected chi connectivity index (χ0v) is 14.0. The van der Waals surface area contributed by atoms with Crippen molar-refractivity contribution in [2.24, 2.45) is 10.8 Å². The Hall–Kier alpha value is -1.88. The van der Waals surface area contributed by atoms with Crippen LogP contribution in [0.5, 0.6) is 0 Å². The molecule has 1 aromatic rings. The van der Waals surface area contributed by atoms with Gasteiger partial charge in [-0.1, -0.05) is 26.0 Å². The van der Waals surface area contributed by atoms with E-state index in [2.05, 4.69) is 5.32 Å². The van der Waals surface area contributed by atoms with Crippen molar-refractivity contribution in [3.8, 4) is 0 Å². The van der Waals surface area contributed by atoms with Crippen LogP contribution in [0.15, 0.2) is 24.3 Å². The molecule has 0 aromatic heterocycles. The Kier molecular flexibility index (Phi) is 3.34. The van der Waals surface area contributed by atoms with Gasteiger partial charge < -0.3 is 15.2 Å². The first kappa shape index (κ1) is 16.0. The van der Waals surface area contributed by atoms with E-state index in [1.54, 1.807) is 31.2 Å². The number of benzene rings is 1. The van der Waals surface area contributed by atoms with Crippen LogP contribution >= 0.6 is 0 Å². The fourth-order valence-corrected chi connectivity index (χ4v) is 3.86. The molecule has 3 atom stereocenters. The lowest BCUT2D eigenvalue weighted by Gasteiger charge is -2.35. The molecule has 124 valence electrons. The Bertz CT molecular complexity index is 681. The van der Waals surface area contributed by atoms with Gasteiger partial charge in [0, 0.05) is 11.1 Å². The molecule has 2 fully saturated rings. The highest BCUT2D eigenvalue weighted by molar-refractivity contribution is 6.03. The van der Waals surface area contributed by atoms with Gasteiger partial charge in [0.05, 0.1) is 11.5 Å². The van der Waals surface area contributed by atoms with Gasteiger partial charge in [-0.05, 0) is 44.4 Å². The van der Waals surface area contributed by atoms with Crippen LogP contribution in [0.4, 0.5) is 5.69 Å². The van der Waals surface area contributed by atoms with Crippen LogP contribution in [0, 0.1) is 10.8 Å². The Morgan fingerprint density at radius 3 is 2.52 bits per heavy atom. The third-order valence-electron chi connectivity index (χ3n) is 6.08. The second-order valence-corrected chi connectivity index (χ2v) is 7.43. The highest BCUT2D eigenvalue weighted by Gasteiger charge is 2.75. The molecular formula is C18H23NO4. The van der Waals surface area contributed by atoms with Crippen molar-refractivity contribution in [3.63, 3.8) is 0 Å². The first-order valence-electron chi connectivity index (χ1n) is 7.97. The van der Waals surface area contributed by atoms with Crippen molar-refractivity contribution >= 4 is 17.6 Å². The van der Waals surface area contributed by atoms with Crippen LogP contribution in [-0.4, -0.2) is 22.6 Å². The second-order valence-electron chi connectivity index (χ2n) is 7.43. The third-order valence-corrected chi connectivity index (χ3v) is 6.08. The SMILES string of the molecule is C[C@H](O)c1cccc(NC(=O)[C@]23CC[C@](C)(C(=O)O2)C3(C)C)c1. The van der Waals surface area contributed by atoms with Crippen molar-refractivity contribution in [1.29, 1.82) is 0 Å². The lowest BCUT2D eigenvalue weighted by molar-refractivity contribution is -0.165.